The van der Waals surface area contributed by atoms with Gasteiger partial charge in [0.25, 0.3) is 0 Å². The van der Waals surface area contributed by atoms with Crippen LogP contribution in [0, 0.1) is 0 Å². The molecule has 0 aliphatic rings. The van der Waals surface area contributed by atoms with E-state index in [0.717, 1.165) is 0 Å². The van der Waals surface area contributed by atoms with Gasteiger partial charge in [0, 0.05) is 27.5 Å². The summed E-state index contributed by atoms with van der Waals surface area (Å²) in [6, 6.07) is 9.02. The Labute approximate surface area is 95.5 Å². The zero-order chi connectivity index (χ0) is 12.2. The van der Waals surface area contributed by atoms with Gasteiger partial charge in [-0.15, -0.1) is 0 Å². The largest absolute Gasteiger partial charge is 0.322 e. The second-order valence-electron chi connectivity index (χ2n) is 3.14. The van der Waals surface area contributed by atoms with Crippen LogP contribution in [-0.2, 0) is 4.57 Å². The smallest absolute Gasteiger partial charge is 0.267 e. The van der Waals surface area contributed by atoms with Gasteiger partial charge in [-0.25, -0.2) is 9.56 Å². The monoisotopic (exact) mass is 238 g/mol. The summed E-state index contributed by atoms with van der Waals surface area (Å²) in [6.07, 6.45) is 0. The van der Waals surface area contributed by atoms with E-state index >= 15 is 0 Å². The van der Waals surface area contributed by atoms with Crippen LogP contribution in [0.1, 0.15) is 0 Å². The summed E-state index contributed by atoms with van der Waals surface area (Å²) in [7, 11) is 0.154. The third-order valence-electron chi connectivity index (χ3n) is 2.29. The Morgan fingerprint density at radius 2 is 1.50 bits per heavy atom. The van der Waals surface area contributed by atoms with E-state index < -0.39 is 7.44 Å². The molecule has 0 spiro atoms. The number of hydrogen-bond donors (Lipinski definition) is 0. The van der Waals surface area contributed by atoms with Crippen LogP contribution in [0.2, 0.25) is 0 Å². The molecule has 0 saturated heterocycles. The Morgan fingerprint density at radius 1 is 1.06 bits per heavy atom. The molecule has 16 heavy (non-hydrogen) atoms. The number of hydrazone groups is 2. The fourth-order valence-electron chi connectivity index (χ4n) is 1.32. The molecular formula is C10H15N4OP. The van der Waals surface area contributed by atoms with Crippen LogP contribution in [0.4, 0.5) is 0 Å². The summed E-state index contributed by atoms with van der Waals surface area (Å²) in [5.41, 5.74) is 0. The maximum atomic E-state index is 12.9. The van der Waals surface area contributed by atoms with Crippen LogP contribution in [0.5, 0.6) is 0 Å². The summed E-state index contributed by atoms with van der Waals surface area (Å²) in [4.78, 5) is 0. The SMILES string of the molecule is C=NN(C)P(=O)(c1ccccc1)N(C)N=C. The Balaban J connectivity index is 3.31. The minimum atomic E-state index is -3.05. The lowest BCUT2D eigenvalue weighted by Gasteiger charge is -2.31. The topological polar surface area (TPSA) is 48.3 Å². The summed E-state index contributed by atoms with van der Waals surface area (Å²) < 4.78 is 15.5. The van der Waals surface area contributed by atoms with Crippen LogP contribution < -0.4 is 5.30 Å². The van der Waals surface area contributed by atoms with Gasteiger partial charge in [-0.05, 0) is 12.1 Å². The van der Waals surface area contributed by atoms with Crippen LogP contribution in [0.15, 0.2) is 40.5 Å². The van der Waals surface area contributed by atoms with Gasteiger partial charge in [-0.1, -0.05) is 18.2 Å². The third kappa shape index (κ3) is 1.99. The molecule has 0 amide bonds. The fourth-order valence-corrected chi connectivity index (χ4v) is 3.26. The predicted molar refractivity (Wildman–Crippen MR) is 68.3 cm³/mol. The van der Waals surface area contributed by atoms with Gasteiger partial charge in [-0.3, -0.25) is 4.57 Å². The predicted octanol–water partition coefficient (Wildman–Crippen LogP) is 1.60. The normalized spacial score (nSPS) is 10.6. The minimum absolute atomic E-state index is 0.639. The summed E-state index contributed by atoms with van der Waals surface area (Å²) >= 11 is 0. The van der Waals surface area contributed by atoms with Crippen molar-refractivity contribution in [3.63, 3.8) is 0 Å². The zero-order valence-corrected chi connectivity index (χ0v) is 10.3. The van der Waals surface area contributed by atoms with Crippen molar-refractivity contribution in [3.05, 3.63) is 30.3 Å². The van der Waals surface area contributed by atoms with Gasteiger partial charge < -0.3 is 0 Å². The molecule has 0 aromatic heterocycles. The standard InChI is InChI=1S/C10H15N4OP/c1-11-13(3)16(15,14(4)12-2)10-8-6-5-7-9-10/h5-9H,1-2H2,3-4H3. The van der Waals surface area contributed by atoms with E-state index in [1.807, 2.05) is 18.2 Å². The van der Waals surface area contributed by atoms with Crippen molar-refractivity contribution in [1.82, 2.24) is 9.56 Å². The van der Waals surface area contributed by atoms with E-state index in [1.165, 1.54) is 9.56 Å². The van der Waals surface area contributed by atoms with Crippen LogP contribution >= 0.6 is 7.44 Å². The fraction of sp³-hybridized carbons (Fsp3) is 0.200. The number of hydrogen-bond acceptors (Lipinski definition) is 3. The Hall–Kier alpha value is -1.61. The second kappa shape index (κ2) is 4.94. The lowest BCUT2D eigenvalue weighted by Crippen LogP contribution is -2.27. The van der Waals surface area contributed by atoms with Gasteiger partial charge in [0.1, 0.15) is 0 Å². The average Bonchev–Trinajstić information content (AvgIpc) is 2.36. The quantitative estimate of drug-likeness (QED) is 0.444. The highest BCUT2D eigenvalue weighted by Gasteiger charge is 2.33. The van der Waals surface area contributed by atoms with Gasteiger partial charge in [0.05, 0.1) is 5.30 Å². The average molecular weight is 238 g/mol. The summed E-state index contributed by atoms with van der Waals surface area (Å²) in [5.74, 6) is 0. The molecule has 0 aliphatic carbocycles. The molecule has 0 atom stereocenters. The van der Waals surface area contributed by atoms with Crippen molar-refractivity contribution in [1.29, 1.82) is 0 Å². The first-order chi connectivity index (χ1) is 7.57. The Morgan fingerprint density at radius 3 is 1.88 bits per heavy atom. The summed E-state index contributed by atoms with van der Waals surface area (Å²) in [5, 5.41) is 8.03. The molecule has 1 rings (SSSR count). The molecule has 1 aromatic carbocycles. The van der Waals surface area contributed by atoms with Gasteiger partial charge in [0.2, 0.25) is 0 Å². The molecule has 1 aromatic rings. The van der Waals surface area contributed by atoms with Gasteiger partial charge >= 0.3 is 7.44 Å². The summed E-state index contributed by atoms with van der Waals surface area (Å²) in [6.45, 7) is 6.77. The highest BCUT2D eigenvalue weighted by molar-refractivity contribution is 7.66. The highest BCUT2D eigenvalue weighted by Crippen LogP contribution is 2.50. The molecule has 86 valence electrons. The molecular weight excluding hydrogens is 223 g/mol. The molecule has 0 aliphatic heterocycles. The van der Waals surface area contributed by atoms with E-state index in [2.05, 4.69) is 23.6 Å². The third-order valence-corrected chi connectivity index (χ3v) is 5.08. The first kappa shape index (κ1) is 12.5. The lowest BCUT2D eigenvalue weighted by molar-refractivity contribution is 0.420. The van der Waals surface area contributed by atoms with E-state index in [0.29, 0.717) is 5.30 Å². The molecule has 0 unspecified atom stereocenters. The molecule has 0 radical (unpaired) electrons. The molecule has 0 bridgehead atoms. The molecule has 0 saturated carbocycles. The first-order valence-electron chi connectivity index (χ1n) is 4.64. The van der Waals surface area contributed by atoms with Gasteiger partial charge in [0.15, 0.2) is 0 Å². The van der Waals surface area contributed by atoms with E-state index in [4.69, 9.17) is 0 Å². The van der Waals surface area contributed by atoms with E-state index in [-0.39, 0.29) is 0 Å². The first-order valence-corrected chi connectivity index (χ1v) is 6.26. The van der Waals surface area contributed by atoms with E-state index in [1.54, 1.807) is 26.2 Å². The number of nitrogens with zero attached hydrogens (tertiary/aromatic N) is 4. The van der Waals surface area contributed by atoms with Crippen molar-refractivity contribution in [2.75, 3.05) is 14.1 Å². The van der Waals surface area contributed by atoms with Crippen molar-refractivity contribution < 1.29 is 4.57 Å². The van der Waals surface area contributed by atoms with Crippen LogP contribution in [-0.4, -0.2) is 37.1 Å². The molecule has 5 nitrogen and oxygen atoms in total. The number of benzene rings is 1. The van der Waals surface area contributed by atoms with E-state index in [9.17, 15) is 4.57 Å². The maximum Gasteiger partial charge on any atom is 0.322 e. The minimum Gasteiger partial charge on any atom is -0.267 e. The van der Waals surface area contributed by atoms with Crippen molar-refractivity contribution in [2.45, 2.75) is 0 Å². The molecule has 0 heterocycles. The highest BCUT2D eigenvalue weighted by atomic mass is 31.2. The Bertz CT molecular complexity index is 402. The molecule has 0 N–H and O–H groups in total. The van der Waals surface area contributed by atoms with Crippen molar-refractivity contribution in [2.24, 2.45) is 10.2 Å². The van der Waals surface area contributed by atoms with Crippen molar-refractivity contribution in [3.8, 4) is 0 Å². The molecule has 6 heteroatoms. The Kier molecular flexibility index (Phi) is 3.85. The zero-order valence-electron chi connectivity index (χ0n) is 9.45. The lowest BCUT2D eigenvalue weighted by atomic mass is 10.4. The van der Waals surface area contributed by atoms with Crippen molar-refractivity contribution >= 4 is 26.2 Å². The molecule has 0 fully saturated rings. The number of rotatable bonds is 5. The second-order valence-corrected chi connectivity index (χ2v) is 5.90. The van der Waals surface area contributed by atoms with Crippen LogP contribution in [0.3, 0.4) is 0 Å². The maximum absolute atomic E-state index is 12.9. The van der Waals surface area contributed by atoms with Crippen LogP contribution in [0.25, 0.3) is 0 Å². The van der Waals surface area contributed by atoms with Gasteiger partial charge in [-0.2, -0.15) is 10.2 Å².